The maximum atomic E-state index is 5.92. The number of rotatable bonds is 2. The van der Waals surface area contributed by atoms with E-state index in [0.717, 1.165) is 24.1 Å². The van der Waals surface area contributed by atoms with E-state index in [-0.39, 0.29) is 6.04 Å². The lowest BCUT2D eigenvalue weighted by molar-refractivity contribution is 0.220. The summed E-state index contributed by atoms with van der Waals surface area (Å²) in [6, 6.07) is 0.0977. The van der Waals surface area contributed by atoms with E-state index in [0.29, 0.717) is 5.41 Å². The van der Waals surface area contributed by atoms with Crippen LogP contribution in [-0.2, 0) is 0 Å². The fourth-order valence-electron chi connectivity index (χ4n) is 2.79. The van der Waals surface area contributed by atoms with Gasteiger partial charge in [0.1, 0.15) is 0 Å². The summed E-state index contributed by atoms with van der Waals surface area (Å²) in [6.07, 6.45) is 5.83. The van der Waals surface area contributed by atoms with Crippen LogP contribution in [0.4, 0.5) is 5.13 Å². The third-order valence-electron chi connectivity index (χ3n) is 4.18. The van der Waals surface area contributed by atoms with Gasteiger partial charge in [-0.1, -0.05) is 20.8 Å². The van der Waals surface area contributed by atoms with Gasteiger partial charge in [0.15, 0.2) is 5.13 Å². The van der Waals surface area contributed by atoms with Crippen molar-refractivity contribution < 1.29 is 0 Å². The van der Waals surface area contributed by atoms with Gasteiger partial charge in [-0.15, -0.1) is 11.3 Å². The summed E-state index contributed by atoms with van der Waals surface area (Å²) < 4.78 is 0. The molecule has 1 aliphatic rings. The van der Waals surface area contributed by atoms with E-state index in [1.54, 1.807) is 11.3 Å². The Morgan fingerprint density at radius 1 is 1.37 bits per heavy atom. The normalized spacial score (nSPS) is 23.2. The third kappa shape index (κ3) is 3.69. The van der Waals surface area contributed by atoms with Crippen molar-refractivity contribution >= 4 is 16.5 Å². The Balaban J connectivity index is 2.02. The second kappa shape index (κ2) is 5.80. The van der Waals surface area contributed by atoms with Crippen LogP contribution in [0.3, 0.4) is 0 Å². The molecule has 108 valence electrons. The molecular formula is C15H27N3S. The molecule has 2 heterocycles. The smallest absolute Gasteiger partial charge is 0.185 e. The first-order valence-electron chi connectivity index (χ1n) is 7.34. The largest absolute Gasteiger partial charge is 0.348 e. The number of hydrogen-bond acceptors (Lipinski definition) is 4. The monoisotopic (exact) mass is 281 g/mol. The Morgan fingerprint density at radius 2 is 2.11 bits per heavy atom. The Bertz CT molecular complexity index is 406. The molecule has 2 unspecified atom stereocenters. The molecule has 2 N–H and O–H groups in total. The van der Waals surface area contributed by atoms with Gasteiger partial charge in [-0.3, -0.25) is 0 Å². The van der Waals surface area contributed by atoms with Crippen LogP contribution in [0, 0.1) is 11.3 Å². The minimum absolute atomic E-state index is 0.0977. The van der Waals surface area contributed by atoms with Gasteiger partial charge in [-0.2, -0.15) is 0 Å². The summed E-state index contributed by atoms with van der Waals surface area (Å²) in [5, 5.41) is 1.15. The Morgan fingerprint density at radius 3 is 2.68 bits per heavy atom. The van der Waals surface area contributed by atoms with Gasteiger partial charge < -0.3 is 10.6 Å². The highest BCUT2D eigenvalue weighted by molar-refractivity contribution is 7.15. The summed E-state index contributed by atoms with van der Waals surface area (Å²) in [5.41, 5.74) is 6.34. The average Bonchev–Trinajstić information content (AvgIpc) is 2.66. The first-order chi connectivity index (χ1) is 8.88. The van der Waals surface area contributed by atoms with Crippen molar-refractivity contribution in [2.24, 2.45) is 17.1 Å². The van der Waals surface area contributed by atoms with E-state index < -0.39 is 0 Å². The molecule has 0 amide bonds. The van der Waals surface area contributed by atoms with Crippen LogP contribution < -0.4 is 10.6 Å². The van der Waals surface area contributed by atoms with Crippen molar-refractivity contribution in [3.05, 3.63) is 11.1 Å². The molecule has 0 bridgehead atoms. The van der Waals surface area contributed by atoms with Gasteiger partial charge in [0.05, 0.1) is 0 Å². The molecule has 1 aliphatic heterocycles. The van der Waals surface area contributed by atoms with Crippen molar-refractivity contribution in [2.45, 2.75) is 53.0 Å². The molecule has 1 aromatic heterocycles. The second-order valence-electron chi connectivity index (χ2n) is 6.81. The van der Waals surface area contributed by atoms with Crippen molar-refractivity contribution in [1.29, 1.82) is 0 Å². The molecule has 0 radical (unpaired) electrons. The van der Waals surface area contributed by atoms with E-state index >= 15 is 0 Å². The standard InChI is InChI=1S/C15H27N3S/c1-11(16)13-10-17-14(19-13)18-8-5-6-12(7-9-18)15(2,3)4/h10-12H,5-9,16H2,1-4H3. The lowest BCUT2D eigenvalue weighted by atomic mass is 9.77. The van der Waals surface area contributed by atoms with Crippen LogP contribution in [0.2, 0.25) is 0 Å². The minimum atomic E-state index is 0.0977. The van der Waals surface area contributed by atoms with Crippen LogP contribution in [0.5, 0.6) is 0 Å². The molecule has 0 spiro atoms. The van der Waals surface area contributed by atoms with Gasteiger partial charge in [-0.05, 0) is 37.5 Å². The number of aromatic nitrogens is 1. The summed E-state index contributed by atoms with van der Waals surface area (Å²) in [5.74, 6) is 0.824. The number of nitrogens with zero attached hydrogens (tertiary/aromatic N) is 2. The first kappa shape index (κ1) is 14.8. The van der Waals surface area contributed by atoms with E-state index in [9.17, 15) is 0 Å². The molecule has 0 saturated carbocycles. The topological polar surface area (TPSA) is 42.1 Å². The predicted molar refractivity (Wildman–Crippen MR) is 83.7 cm³/mol. The average molecular weight is 281 g/mol. The lowest BCUT2D eigenvalue weighted by Gasteiger charge is -2.29. The highest BCUT2D eigenvalue weighted by Crippen LogP contribution is 2.36. The highest BCUT2D eigenvalue weighted by Gasteiger charge is 2.27. The molecule has 3 nitrogen and oxygen atoms in total. The van der Waals surface area contributed by atoms with Crippen molar-refractivity contribution in [2.75, 3.05) is 18.0 Å². The first-order valence-corrected chi connectivity index (χ1v) is 8.16. The SMILES string of the molecule is CC(N)c1cnc(N2CCCC(C(C)(C)C)CC2)s1. The second-order valence-corrected chi connectivity index (χ2v) is 7.86. The van der Waals surface area contributed by atoms with E-state index in [1.807, 2.05) is 13.1 Å². The maximum Gasteiger partial charge on any atom is 0.185 e. The maximum absolute atomic E-state index is 5.92. The Hall–Kier alpha value is -0.610. The number of nitrogens with two attached hydrogens (primary N) is 1. The molecule has 0 aliphatic carbocycles. The molecular weight excluding hydrogens is 254 g/mol. The van der Waals surface area contributed by atoms with Crippen LogP contribution in [0.25, 0.3) is 0 Å². The number of anilines is 1. The summed E-state index contributed by atoms with van der Waals surface area (Å²) >= 11 is 1.76. The summed E-state index contributed by atoms with van der Waals surface area (Å²) in [6.45, 7) is 11.4. The van der Waals surface area contributed by atoms with Crippen molar-refractivity contribution in [3.8, 4) is 0 Å². The Labute approximate surface area is 121 Å². The molecule has 4 heteroatoms. The molecule has 2 atom stereocenters. The van der Waals surface area contributed by atoms with Gasteiger partial charge >= 0.3 is 0 Å². The molecule has 1 aromatic rings. The highest BCUT2D eigenvalue weighted by atomic mass is 32.1. The number of thiazole rings is 1. The Kier molecular flexibility index (Phi) is 4.51. The van der Waals surface area contributed by atoms with Crippen LogP contribution in [0.15, 0.2) is 6.20 Å². The third-order valence-corrected chi connectivity index (χ3v) is 5.44. The van der Waals surface area contributed by atoms with Gasteiger partial charge in [0.25, 0.3) is 0 Å². The molecule has 1 fully saturated rings. The molecule has 0 aromatic carbocycles. The zero-order valence-corrected chi connectivity index (χ0v) is 13.5. The van der Waals surface area contributed by atoms with Gasteiger partial charge in [0.2, 0.25) is 0 Å². The van der Waals surface area contributed by atoms with Gasteiger partial charge in [-0.25, -0.2) is 4.98 Å². The fraction of sp³-hybridized carbons (Fsp3) is 0.800. The quantitative estimate of drug-likeness (QED) is 0.896. The minimum Gasteiger partial charge on any atom is -0.348 e. The lowest BCUT2D eigenvalue weighted by Crippen LogP contribution is -2.25. The molecule has 19 heavy (non-hydrogen) atoms. The fourth-order valence-corrected chi connectivity index (χ4v) is 3.71. The zero-order chi connectivity index (χ0) is 14.0. The van der Waals surface area contributed by atoms with Gasteiger partial charge in [0, 0.05) is 30.2 Å². The van der Waals surface area contributed by atoms with E-state index in [1.165, 1.54) is 24.1 Å². The number of hydrogen-bond donors (Lipinski definition) is 1. The van der Waals surface area contributed by atoms with Crippen LogP contribution >= 0.6 is 11.3 Å². The molecule has 1 saturated heterocycles. The summed E-state index contributed by atoms with van der Waals surface area (Å²) in [7, 11) is 0. The van der Waals surface area contributed by atoms with Crippen molar-refractivity contribution in [1.82, 2.24) is 4.98 Å². The zero-order valence-electron chi connectivity index (χ0n) is 12.6. The summed E-state index contributed by atoms with van der Waals surface area (Å²) in [4.78, 5) is 8.19. The van der Waals surface area contributed by atoms with Crippen LogP contribution in [0.1, 0.15) is 57.9 Å². The van der Waals surface area contributed by atoms with Crippen LogP contribution in [-0.4, -0.2) is 18.1 Å². The van der Waals surface area contributed by atoms with E-state index in [4.69, 9.17) is 5.73 Å². The van der Waals surface area contributed by atoms with E-state index in [2.05, 4.69) is 30.7 Å². The predicted octanol–water partition coefficient (Wildman–Crippen LogP) is 3.82. The molecule has 2 rings (SSSR count). The van der Waals surface area contributed by atoms with Crippen molar-refractivity contribution in [3.63, 3.8) is 0 Å².